The molecule has 0 spiro atoms. The second-order valence-corrected chi connectivity index (χ2v) is 8.67. The van der Waals surface area contributed by atoms with E-state index in [-0.39, 0.29) is 5.41 Å². The molecule has 2 aliphatic heterocycles. The number of aromatic nitrogens is 2. The highest BCUT2D eigenvalue weighted by Gasteiger charge is 2.35. The summed E-state index contributed by atoms with van der Waals surface area (Å²) in [5.74, 6) is 2.42. The summed E-state index contributed by atoms with van der Waals surface area (Å²) in [6.45, 7) is 7.33. The van der Waals surface area contributed by atoms with Gasteiger partial charge in [0, 0.05) is 57.4 Å². The quantitative estimate of drug-likeness (QED) is 0.570. The van der Waals surface area contributed by atoms with Crippen molar-refractivity contribution < 1.29 is 9.47 Å². The summed E-state index contributed by atoms with van der Waals surface area (Å²) in [5, 5.41) is 7.88. The molecule has 7 heteroatoms. The van der Waals surface area contributed by atoms with E-state index in [0.29, 0.717) is 5.92 Å². The summed E-state index contributed by atoms with van der Waals surface area (Å²) in [6, 6.07) is 8.50. The van der Waals surface area contributed by atoms with E-state index in [4.69, 9.17) is 14.5 Å². The third-order valence-corrected chi connectivity index (χ3v) is 6.70. The maximum atomic E-state index is 5.70. The van der Waals surface area contributed by atoms with Crippen LogP contribution >= 0.6 is 0 Å². The number of methoxy groups -OCH3 is 1. The fraction of sp³-hybridized carbons (Fsp3) is 0.583. The van der Waals surface area contributed by atoms with Gasteiger partial charge in [-0.15, -0.1) is 0 Å². The maximum absolute atomic E-state index is 5.70. The van der Waals surface area contributed by atoms with Gasteiger partial charge in [-0.05, 0) is 49.4 Å². The highest BCUT2D eigenvalue weighted by atomic mass is 16.5. The van der Waals surface area contributed by atoms with Crippen molar-refractivity contribution >= 4 is 5.96 Å². The zero-order chi connectivity index (χ0) is 21.7. The molecule has 168 valence electrons. The van der Waals surface area contributed by atoms with Gasteiger partial charge in [0.05, 0.1) is 19.9 Å². The van der Waals surface area contributed by atoms with Gasteiger partial charge in [0.15, 0.2) is 5.96 Å². The van der Waals surface area contributed by atoms with E-state index in [2.05, 4.69) is 52.7 Å². The number of hydrogen-bond donors (Lipinski definition) is 1. The summed E-state index contributed by atoms with van der Waals surface area (Å²) in [7, 11) is 3.69. The summed E-state index contributed by atoms with van der Waals surface area (Å²) < 4.78 is 13.0. The van der Waals surface area contributed by atoms with Crippen LogP contribution in [0.2, 0.25) is 0 Å². The molecule has 1 atom stereocenters. The van der Waals surface area contributed by atoms with Crippen molar-refractivity contribution in [3.63, 3.8) is 0 Å². The van der Waals surface area contributed by atoms with Gasteiger partial charge in [0.1, 0.15) is 5.75 Å². The number of aryl methyl sites for hydroxylation is 1. The number of rotatable bonds is 6. The third kappa shape index (κ3) is 4.87. The molecule has 0 radical (unpaired) electrons. The van der Waals surface area contributed by atoms with Crippen molar-refractivity contribution in [2.75, 3.05) is 46.5 Å². The molecule has 1 unspecified atom stereocenters. The summed E-state index contributed by atoms with van der Waals surface area (Å²) in [5.41, 5.74) is 2.65. The first kappa shape index (κ1) is 21.7. The average molecular weight is 426 g/mol. The Kier molecular flexibility index (Phi) is 6.80. The lowest BCUT2D eigenvalue weighted by molar-refractivity contribution is 0.0530. The van der Waals surface area contributed by atoms with Crippen LogP contribution in [0.3, 0.4) is 0 Å². The van der Waals surface area contributed by atoms with Gasteiger partial charge in [0.2, 0.25) is 0 Å². The van der Waals surface area contributed by atoms with Crippen molar-refractivity contribution in [3.8, 4) is 5.75 Å². The first-order valence-electron chi connectivity index (χ1n) is 11.4. The van der Waals surface area contributed by atoms with E-state index in [1.54, 1.807) is 7.11 Å². The maximum Gasteiger partial charge on any atom is 0.193 e. The van der Waals surface area contributed by atoms with Crippen LogP contribution in [0.25, 0.3) is 0 Å². The lowest BCUT2D eigenvalue weighted by Gasteiger charge is -2.37. The molecule has 0 saturated carbocycles. The Morgan fingerprint density at radius 1 is 1.29 bits per heavy atom. The molecule has 3 heterocycles. The van der Waals surface area contributed by atoms with Gasteiger partial charge in [-0.2, -0.15) is 5.10 Å². The zero-order valence-corrected chi connectivity index (χ0v) is 19.0. The topological polar surface area (TPSA) is 63.9 Å². The summed E-state index contributed by atoms with van der Waals surface area (Å²) >= 11 is 0. The third-order valence-electron chi connectivity index (χ3n) is 6.70. The normalized spacial score (nSPS) is 21.3. The SMILES string of the molecule is CCNC(=NCC1(c2ccc(OC)cc2)CCOCC1)N1CCC(c2cnn(C)c2)C1. The lowest BCUT2D eigenvalue weighted by Crippen LogP contribution is -2.42. The molecule has 2 saturated heterocycles. The van der Waals surface area contributed by atoms with Crippen LogP contribution in [0, 0.1) is 0 Å². The summed E-state index contributed by atoms with van der Waals surface area (Å²) in [4.78, 5) is 7.57. The Bertz CT molecular complexity index is 870. The van der Waals surface area contributed by atoms with Crippen LogP contribution in [0.5, 0.6) is 5.75 Å². The second kappa shape index (κ2) is 9.73. The Morgan fingerprint density at radius 3 is 2.71 bits per heavy atom. The minimum Gasteiger partial charge on any atom is -0.497 e. The van der Waals surface area contributed by atoms with Gasteiger partial charge < -0.3 is 19.7 Å². The minimum atomic E-state index is 0.00761. The molecule has 31 heavy (non-hydrogen) atoms. The van der Waals surface area contributed by atoms with Crippen LogP contribution < -0.4 is 10.1 Å². The summed E-state index contributed by atoms with van der Waals surface area (Å²) in [6.07, 6.45) is 7.24. The minimum absolute atomic E-state index is 0.00761. The largest absolute Gasteiger partial charge is 0.497 e. The zero-order valence-electron chi connectivity index (χ0n) is 19.0. The van der Waals surface area contributed by atoms with E-state index in [9.17, 15) is 0 Å². The van der Waals surface area contributed by atoms with E-state index in [0.717, 1.165) is 70.4 Å². The molecular formula is C24H35N5O2. The van der Waals surface area contributed by atoms with E-state index >= 15 is 0 Å². The number of likely N-dealkylation sites (tertiary alicyclic amines) is 1. The fourth-order valence-corrected chi connectivity index (χ4v) is 4.77. The van der Waals surface area contributed by atoms with Crippen LogP contribution in [-0.2, 0) is 17.2 Å². The van der Waals surface area contributed by atoms with Crippen LogP contribution in [0.4, 0.5) is 0 Å². The predicted octanol–water partition coefficient (Wildman–Crippen LogP) is 2.93. The molecule has 2 aliphatic rings. The second-order valence-electron chi connectivity index (χ2n) is 8.67. The van der Waals surface area contributed by atoms with Gasteiger partial charge in [-0.3, -0.25) is 9.67 Å². The monoisotopic (exact) mass is 425 g/mol. The molecule has 1 aromatic heterocycles. The molecule has 0 bridgehead atoms. The standard InChI is InChI=1S/C24H35N5O2/c1-4-25-23(29-12-9-19(17-29)20-15-27-28(2)16-20)26-18-24(10-13-31-14-11-24)21-5-7-22(30-3)8-6-21/h5-8,15-16,19H,4,9-14,17-18H2,1-3H3,(H,25,26). The predicted molar refractivity (Wildman–Crippen MR) is 123 cm³/mol. The van der Waals surface area contributed by atoms with E-state index < -0.39 is 0 Å². The molecule has 0 aliphatic carbocycles. The van der Waals surface area contributed by atoms with Crippen molar-refractivity contribution in [3.05, 3.63) is 47.8 Å². The molecule has 0 amide bonds. The van der Waals surface area contributed by atoms with Gasteiger partial charge in [-0.25, -0.2) is 0 Å². The van der Waals surface area contributed by atoms with Crippen LogP contribution in [-0.4, -0.2) is 67.1 Å². The number of hydrogen-bond acceptors (Lipinski definition) is 4. The Hall–Kier alpha value is -2.54. The lowest BCUT2D eigenvalue weighted by atomic mass is 9.74. The molecule has 2 aromatic rings. The Labute approximate surface area is 185 Å². The van der Waals surface area contributed by atoms with E-state index in [1.807, 2.05) is 17.9 Å². The van der Waals surface area contributed by atoms with Crippen molar-refractivity contribution in [2.45, 2.75) is 37.5 Å². The number of ether oxygens (including phenoxy) is 2. The molecule has 4 rings (SSSR count). The van der Waals surface area contributed by atoms with Crippen molar-refractivity contribution in [1.29, 1.82) is 0 Å². The Morgan fingerprint density at radius 2 is 2.06 bits per heavy atom. The van der Waals surface area contributed by atoms with Gasteiger partial charge in [-0.1, -0.05) is 12.1 Å². The van der Waals surface area contributed by atoms with E-state index in [1.165, 1.54) is 11.1 Å². The van der Waals surface area contributed by atoms with Gasteiger partial charge in [0.25, 0.3) is 0 Å². The molecule has 2 fully saturated rings. The fourth-order valence-electron chi connectivity index (χ4n) is 4.77. The number of nitrogens with one attached hydrogen (secondary N) is 1. The number of benzene rings is 1. The highest BCUT2D eigenvalue weighted by molar-refractivity contribution is 5.80. The van der Waals surface area contributed by atoms with Crippen molar-refractivity contribution in [2.24, 2.45) is 12.0 Å². The van der Waals surface area contributed by atoms with Crippen molar-refractivity contribution in [1.82, 2.24) is 20.0 Å². The van der Waals surface area contributed by atoms with Crippen LogP contribution in [0.15, 0.2) is 41.7 Å². The van der Waals surface area contributed by atoms with Crippen LogP contribution in [0.1, 0.15) is 43.2 Å². The molecular weight excluding hydrogens is 390 g/mol. The first-order chi connectivity index (χ1) is 15.1. The smallest absolute Gasteiger partial charge is 0.193 e. The number of nitrogens with zero attached hydrogens (tertiary/aromatic N) is 4. The molecule has 1 N–H and O–H groups in total. The average Bonchev–Trinajstić information content (AvgIpc) is 3.46. The van der Waals surface area contributed by atoms with Gasteiger partial charge >= 0.3 is 0 Å². The molecule has 1 aromatic carbocycles. The number of aliphatic imine (C=N–C) groups is 1. The molecule has 7 nitrogen and oxygen atoms in total. The highest BCUT2D eigenvalue weighted by Crippen LogP contribution is 2.36. The number of guanidine groups is 1. The first-order valence-corrected chi connectivity index (χ1v) is 11.4. The Balaban J connectivity index is 1.52.